The standard InChI is InChI=1S/C23H20N2O3/c1-28-17-7-4-6-15(11-17)23-20-12-14-5-2-3-8-18(14)22(20)19-13-16(25(26)27)9-10-21(19)24-23/h2-11,13,20,22-24H,12H2,1H3/t20-,22+,23-/m0/s1. The molecule has 3 aromatic carbocycles. The Bertz CT molecular complexity index is 1080. The van der Waals surface area contributed by atoms with Gasteiger partial charge in [0.1, 0.15) is 5.75 Å². The molecular formula is C23H20N2O3. The Balaban J connectivity index is 1.67. The van der Waals surface area contributed by atoms with Crippen LogP contribution in [0.3, 0.4) is 0 Å². The van der Waals surface area contributed by atoms with E-state index in [1.54, 1.807) is 19.2 Å². The minimum atomic E-state index is -0.315. The summed E-state index contributed by atoms with van der Waals surface area (Å²) in [4.78, 5) is 11.0. The Morgan fingerprint density at radius 1 is 1.04 bits per heavy atom. The highest BCUT2D eigenvalue weighted by atomic mass is 16.6. The molecule has 28 heavy (non-hydrogen) atoms. The molecule has 0 saturated heterocycles. The van der Waals surface area contributed by atoms with Crippen molar-refractivity contribution >= 4 is 11.4 Å². The fraction of sp³-hybridized carbons (Fsp3) is 0.217. The molecule has 0 aromatic heterocycles. The summed E-state index contributed by atoms with van der Waals surface area (Å²) in [6, 6.07) is 21.9. The van der Waals surface area contributed by atoms with E-state index in [1.807, 2.05) is 18.2 Å². The van der Waals surface area contributed by atoms with Gasteiger partial charge in [0, 0.05) is 23.7 Å². The lowest BCUT2D eigenvalue weighted by Gasteiger charge is -2.38. The van der Waals surface area contributed by atoms with Crippen molar-refractivity contribution in [2.75, 3.05) is 12.4 Å². The Morgan fingerprint density at radius 3 is 2.71 bits per heavy atom. The monoisotopic (exact) mass is 372 g/mol. The Kier molecular flexibility index (Phi) is 3.83. The Labute approximate surface area is 163 Å². The number of hydrogen-bond acceptors (Lipinski definition) is 4. The molecule has 3 aromatic rings. The number of non-ortho nitro benzene ring substituents is 1. The van der Waals surface area contributed by atoms with Crippen LogP contribution in [-0.2, 0) is 6.42 Å². The molecule has 0 amide bonds. The molecule has 1 aliphatic carbocycles. The van der Waals surface area contributed by atoms with E-state index in [2.05, 4.69) is 41.7 Å². The molecule has 0 fully saturated rings. The topological polar surface area (TPSA) is 64.4 Å². The highest BCUT2D eigenvalue weighted by molar-refractivity contribution is 5.65. The summed E-state index contributed by atoms with van der Waals surface area (Å²) >= 11 is 0. The number of nitro groups is 1. The minimum Gasteiger partial charge on any atom is -0.497 e. The summed E-state index contributed by atoms with van der Waals surface area (Å²) < 4.78 is 5.43. The summed E-state index contributed by atoms with van der Waals surface area (Å²) in [6.45, 7) is 0. The molecule has 0 bridgehead atoms. The zero-order valence-corrected chi connectivity index (χ0v) is 15.5. The third-order valence-corrected chi connectivity index (χ3v) is 6.05. The summed E-state index contributed by atoms with van der Waals surface area (Å²) in [5, 5.41) is 15.0. The van der Waals surface area contributed by atoms with Crippen LogP contribution in [0.15, 0.2) is 66.7 Å². The second-order valence-electron chi connectivity index (χ2n) is 7.47. The molecular weight excluding hydrogens is 352 g/mol. The van der Waals surface area contributed by atoms with Gasteiger partial charge in [-0.05, 0) is 52.8 Å². The molecule has 1 aliphatic heterocycles. The lowest BCUT2D eigenvalue weighted by molar-refractivity contribution is -0.384. The van der Waals surface area contributed by atoms with Gasteiger partial charge in [0.25, 0.3) is 5.69 Å². The highest BCUT2D eigenvalue weighted by Crippen LogP contribution is 2.54. The van der Waals surface area contributed by atoms with Gasteiger partial charge >= 0.3 is 0 Å². The summed E-state index contributed by atoms with van der Waals surface area (Å²) in [6.07, 6.45) is 0.942. The Morgan fingerprint density at radius 2 is 1.89 bits per heavy atom. The van der Waals surface area contributed by atoms with E-state index in [4.69, 9.17) is 4.74 Å². The number of ether oxygens (including phenoxy) is 1. The fourth-order valence-electron chi connectivity index (χ4n) is 4.83. The predicted molar refractivity (Wildman–Crippen MR) is 108 cm³/mol. The van der Waals surface area contributed by atoms with Crippen molar-refractivity contribution in [1.82, 2.24) is 0 Å². The van der Waals surface area contributed by atoms with Gasteiger partial charge in [-0.2, -0.15) is 0 Å². The third-order valence-electron chi connectivity index (χ3n) is 6.05. The van der Waals surface area contributed by atoms with E-state index in [-0.39, 0.29) is 22.6 Å². The number of nitrogens with one attached hydrogen (secondary N) is 1. The van der Waals surface area contributed by atoms with Gasteiger partial charge in [-0.1, -0.05) is 36.4 Å². The third kappa shape index (κ3) is 2.54. The maximum Gasteiger partial charge on any atom is 0.269 e. The number of fused-ring (bicyclic) bond motifs is 5. The first-order valence-corrected chi connectivity index (χ1v) is 9.42. The predicted octanol–water partition coefficient (Wildman–Crippen LogP) is 5.07. The van der Waals surface area contributed by atoms with Crippen LogP contribution in [0.5, 0.6) is 5.75 Å². The number of anilines is 1. The van der Waals surface area contributed by atoms with E-state index < -0.39 is 0 Å². The van der Waals surface area contributed by atoms with Crippen LogP contribution < -0.4 is 10.1 Å². The molecule has 140 valence electrons. The number of hydrogen-bond donors (Lipinski definition) is 1. The molecule has 5 heteroatoms. The summed E-state index contributed by atoms with van der Waals surface area (Å²) in [5.74, 6) is 1.27. The molecule has 2 aliphatic rings. The number of rotatable bonds is 3. The zero-order chi connectivity index (χ0) is 19.3. The number of nitro benzene ring substituents is 1. The molecule has 5 nitrogen and oxygen atoms in total. The summed E-state index contributed by atoms with van der Waals surface area (Å²) in [5.41, 5.74) is 5.91. The largest absolute Gasteiger partial charge is 0.497 e. The van der Waals surface area contributed by atoms with Crippen molar-refractivity contribution in [1.29, 1.82) is 0 Å². The van der Waals surface area contributed by atoms with E-state index in [1.165, 1.54) is 16.7 Å². The maximum absolute atomic E-state index is 11.4. The first-order valence-electron chi connectivity index (χ1n) is 9.42. The number of nitrogens with zero attached hydrogens (tertiary/aromatic N) is 1. The summed E-state index contributed by atoms with van der Waals surface area (Å²) in [7, 11) is 1.68. The van der Waals surface area contributed by atoms with Gasteiger partial charge in [0.05, 0.1) is 18.1 Å². The molecule has 0 radical (unpaired) electrons. The molecule has 3 atom stereocenters. The molecule has 0 spiro atoms. The second-order valence-corrected chi connectivity index (χ2v) is 7.47. The fourth-order valence-corrected chi connectivity index (χ4v) is 4.83. The van der Waals surface area contributed by atoms with E-state index in [0.29, 0.717) is 5.92 Å². The van der Waals surface area contributed by atoms with Crippen LogP contribution in [0.4, 0.5) is 11.4 Å². The average Bonchev–Trinajstić information content (AvgIpc) is 3.12. The van der Waals surface area contributed by atoms with E-state index in [0.717, 1.165) is 23.4 Å². The van der Waals surface area contributed by atoms with Gasteiger partial charge in [-0.25, -0.2) is 0 Å². The van der Waals surface area contributed by atoms with Gasteiger partial charge in [0.2, 0.25) is 0 Å². The van der Waals surface area contributed by atoms with Gasteiger partial charge in [-0.15, -0.1) is 0 Å². The smallest absolute Gasteiger partial charge is 0.269 e. The number of methoxy groups -OCH3 is 1. The minimum absolute atomic E-state index is 0.112. The molecule has 5 rings (SSSR count). The lowest BCUT2D eigenvalue weighted by Crippen LogP contribution is -2.30. The average molecular weight is 372 g/mol. The first kappa shape index (κ1) is 16.8. The molecule has 0 saturated carbocycles. The van der Waals surface area contributed by atoms with Crippen LogP contribution in [0.1, 0.15) is 34.2 Å². The van der Waals surface area contributed by atoms with Crippen molar-refractivity contribution in [3.8, 4) is 5.75 Å². The van der Waals surface area contributed by atoms with Gasteiger partial charge in [-0.3, -0.25) is 10.1 Å². The second kappa shape index (κ2) is 6.37. The molecule has 1 N–H and O–H groups in total. The van der Waals surface area contributed by atoms with Gasteiger partial charge in [0.15, 0.2) is 0 Å². The van der Waals surface area contributed by atoms with E-state index >= 15 is 0 Å². The van der Waals surface area contributed by atoms with Crippen LogP contribution in [0.2, 0.25) is 0 Å². The normalized spacial score (nSPS) is 21.8. The van der Waals surface area contributed by atoms with Crippen LogP contribution in [0.25, 0.3) is 0 Å². The van der Waals surface area contributed by atoms with Crippen LogP contribution in [0, 0.1) is 16.0 Å². The van der Waals surface area contributed by atoms with Crippen molar-refractivity contribution < 1.29 is 9.66 Å². The van der Waals surface area contributed by atoms with Crippen LogP contribution >= 0.6 is 0 Å². The quantitative estimate of drug-likeness (QED) is 0.515. The van der Waals surface area contributed by atoms with Crippen molar-refractivity contribution in [2.45, 2.75) is 18.4 Å². The van der Waals surface area contributed by atoms with E-state index in [9.17, 15) is 10.1 Å². The molecule has 0 unspecified atom stereocenters. The lowest BCUT2D eigenvalue weighted by atomic mass is 9.75. The SMILES string of the molecule is COc1cccc([C@@H]2Nc3ccc([N+](=O)[O-])cc3[C@H]3c4ccccc4C[C@@H]32)c1. The van der Waals surface area contributed by atoms with Crippen molar-refractivity contribution in [3.05, 3.63) is 99.1 Å². The first-order chi connectivity index (χ1) is 13.7. The number of benzene rings is 3. The molecule has 1 heterocycles. The zero-order valence-electron chi connectivity index (χ0n) is 15.5. The Hall–Kier alpha value is -3.34. The maximum atomic E-state index is 11.4. The van der Waals surface area contributed by atoms with Crippen molar-refractivity contribution in [3.63, 3.8) is 0 Å². The van der Waals surface area contributed by atoms with Crippen molar-refractivity contribution in [2.24, 2.45) is 5.92 Å². The van der Waals surface area contributed by atoms with Gasteiger partial charge < -0.3 is 10.1 Å². The van der Waals surface area contributed by atoms with Crippen LogP contribution in [-0.4, -0.2) is 12.0 Å². The highest BCUT2D eigenvalue weighted by Gasteiger charge is 2.43.